The van der Waals surface area contributed by atoms with Gasteiger partial charge in [-0.2, -0.15) is 0 Å². The molecule has 2 N–H and O–H groups in total. The van der Waals surface area contributed by atoms with E-state index in [1.807, 2.05) is 0 Å². The van der Waals surface area contributed by atoms with E-state index in [9.17, 15) is 18.3 Å². The molecule has 0 aliphatic carbocycles. The first-order valence-corrected chi connectivity index (χ1v) is 6.48. The number of rotatable bonds is 2. The van der Waals surface area contributed by atoms with E-state index in [2.05, 4.69) is 4.72 Å². The number of aromatic hydroxyl groups is 1. The van der Waals surface area contributed by atoms with Crippen molar-refractivity contribution in [2.24, 2.45) is 0 Å². The lowest BCUT2D eigenvalue weighted by Crippen LogP contribution is -2.10. The fourth-order valence-corrected chi connectivity index (χ4v) is 1.96. The van der Waals surface area contributed by atoms with E-state index < -0.39 is 10.0 Å². The van der Waals surface area contributed by atoms with E-state index in [-0.39, 0.29) is 27.8 Å². The van der Waals surface area contributed by atoms with Crippen molar-refractivity contribution in [2.45, 2.75) is 0 Å². The number of anilines is 1. The van der Waals surface area contributed by atoms with Gasteiger partial charge in [0.25, 0.3) is 0 Å². The quantitative estimate of drug-likeness (QED) is 0.776. The van der Waals surface area contributed by atoms with Gasteiger partial charge in [-0.3, -0.25) is 9.52 Å². The van der Waals surface area contributed by atoms with Crippen molar-refractivity contribution in [1.82, 2.24) is 0 Å². The summed E-state index contributed by atoms with van der Waals surface area (Å²) < 4.78 is 29.3. The second-order valence-electron chi connectivity index (χ2n) is 3.52. The summed E-state index contributed by atoms with van der Waals surface area (Å²) in [6.07, 6.45) is 2.16. The lowest BCUT2D eigenvalue weighted by Gasteiger charge is -2.06. The number of hydrogen-bond donors (Lipinski definition) is 2. The van der Waals surface area contributed by atoms with Crippen molar-refractivity contribution in [3.63, 3.8) is 0 Å². The fourth-order valence-electron chi connectivity index (χ4n) is 1.40. The van der Waals surface area contributed by atoms with E-state index in [0.29, 0.717) is 0 Å². The summed E-state index contributed by atoms with van der Waals surface area (Å²) in [6, 6.07) is 3.63. The zero-order valence-electron chi connectivity index (χ0n) is 8.80. The molecule has 1 aromatic heterocycles. The first-order chi connectivity index (χ1) is 7.87. The highest BCUT2D eigenvalue weighted by Crippen LogP contribution is 2.28. The highest BCUT2D eigenvalue weighted by atomic mass is 32.2. The van der Waals surface area contributed by atoms with Gasteiger partial charge in [-0.05, 0) is 6.07 Å². The molecule has 6 nitrogen and oxygen atoms in total. The molecule has 0 saturated carbocycles. The zero-order valence-corrected chi connectivity index (χ0v) is 9.61. The Hall–Kier alpha value is -2.02. The van der Waals surface area contributed by atoms with Crippen LogP contribution in [0.1, 0.15) is 0 Å². The number of hydrogen-bond acceptors (Lipinski definition) is 5. The van der Waals surface area contributed by atoms with Gasteiger partial charge in [0.2, 0.25) is 10.0 Å². The summed E-state index contributed by atoms with van der Waals surface area (Å²) in [7, 11) is -3.51. The normalized spacial score (nSPS) is 11.6. The summed E-state index contributed by atoms with van der Waals surface area (Å²) in [6.45, 7) is 0. The molecule has 0 fully saturated rings. The highest BCUT2D eigenvalue weighted by molar-refractivity contribution is 7.92. The van der Waals surface area contributed by atoms with Crippen molar-refractivity contribution in [1.29, 1.82) is 0 Å². The Bertz CT molecular complexity index is 732. The minimum atomic E-state index is -3.51. The first kappa shape index (κ1) is 11.5. The number of sulfonamides is 1. The summed E-state index contributed by atoms with van der Waals surface area (Å²) in [5.74, 6) is -0.332. The van der Waals surface area contributed by atoms with E-state index in [4.69, 9.17) is 4.42 Å². The molecule has 0 atom stereocenters. The van der Waals surface area contributed by atoms with Crippen LogP contribution in [-0.2, 0) is 10.0 Å². The van der Waals surface area contributed by atoms with E-state index in [1.165, 1.54) is 18.4 Å². The maximum Gasteiger partial charge on any atom is 0.229 e. The SMILES string of the molecule is CS(=O)(=O)Nc1cc2occc(=O)c2cc1O. The predicted molar refractivity (Wildman–Crippen MR) is 62.6 cm³/mol. The summed E-state index contributed by atoms with van der Waals surface area (Å²) in [5, 5.41) is 9.77. The van der Waals surface area contributed by atoms with E-state index in [0.717, 1.165) is 12.3 Å². The number of phenols is 1. The molecule has 2 aromatic rings. The average molecular weight is 255 g/mol. The number of nitrogens with one attached hydrogen (secondary N) is 1. The second-order valence-corrected chi connectivity index (χ2v) is 5.27. The van der Waals surface area contributed by atoms with Crippen molar-refractivity contribution in [3.05, 3.63) is 34.7 Å². The zero-order chi connectivity index (χ0) is 12.6. The topological polar surface area (TPSA) is 96.6 Å². The Kier molecular flexibility index (Phi) is 2.55. The van der Waals surface area contributed by atoms with Crippen LogP contribution in [-0.4, -0.2) is 19.8 Å². The molecule has 0 aliphatic rings. The molecule has 7 heteroatoms. The van der Waals surface area contributed by atoms with Gasteiger partial charge in [-0.15, -0.1) is 0 Å². The Labute approximate surface area is 96.5 Å². The third kappa shape index (κ3) is 2.39. The van der Waals surface area contributed by atoms with Crippen molar-refractivity contribution in [2.75, 3.05) is 11.0 Å². The Morgan fingerprint density at radius 2 is 2.06 bits per heavy atom. The Morgan fingerprint density at radius 3 is 2.71 bits per heavy atom. The van der Waals surface area contributed by atoms with Gasteiger partial charge in [0, 0.05) is 12.1 Å². The van der Waals surface area contributed by atoms with Gasteiger partial charge >= 0.3 is 0 Å². The maximum absolute atomic E-state index is 11.4. The fraction of sp³-hybridized carbons (Fsp3) is 0.100. The van der Waals surface area contributed by atoms with Gasteiger partial charge in [-0.1, -0.05) is 0 Å². The average Bonchev–Trinajstić information content (AvgIpc) is 2.19. The standard InChI is InChI=1S/C10H9NO5S/c1-17(14,15)11-7-5-10-6(4-9(7)13)8(12)2-3-16-10/h2-5,11,13H,1H3. The van der Waals surface area contributed by atoms with Crippen LogP contribution in [0.2, 0.25) is 0 Å². The molecule has 90 valence electrons. The predicted octanol–water partition coefficient (Wildman–Crippen LogP) is 0.870. The molecule has 0 unspecified atom stereocenters. The molecule has 17 heavy (non-hydrogen) atoms. The smallest absolute Gasteiger partial charge is 0.229 e. The Balaban J connectivity index is 2.68. The lowest BCUT2D eigenvalue weighted by atomic mass is 10.2. The van der Waals surface area contributed by atoms with Crippen LogP contribution < -0.4 is 10.2 Å². The molecular weight excluding hydrogens is 246 g/mol. The summed E-state index contributed by atoms with van der Waals surface area (Å²) in [5.41, 5.74) is -0.150. The molecule has 1 heterocycles. The molecule has 0 aliphatic heterocycles. The van der Waals surface area contributed by atoms with Crippen molar-refractivity contribution >= 4 is 26.7 Å². The summed E-state index contributed by atoms with van der Waals surface area (Å²) in [4.78, 5) is 11.4. The van der Waals surface area contributed by atoms with Crippen molar-refractivity contribution in [3.8, 4) is 5.75 Å². The minimum Gasteiger partial charge on any atom is -0.506 e. The third-order valence-electron chi connectivity index (χ3n) is 2.07. The van der Waals surface area contributed by atoms with Gasteiger partial charge in [0.05, 0.1) is 23.6 Å². The number of fused-ring (bicyclic) bond motifs is 1. The molecular formula is C10H9NO5S. The minimum absolute atomic E-state index is 0.0330. The van der Waals surface area contributed by atoms with Crippen LogP contribution in [0.15, 0.2) is 33.7 Å². The number of phenolic OH excluding ortho intramolecular Hbond substituents is 1. The van der Waals surface area contributed by atoms with Gasteiger partial charge in [-0.25, -0.2) is 8.42 Å². The third-order valence-corrected chi connectivity index (χ3v) is 2.66. The number of benzene rings is 1. The highest BCUT2D eigenvalue weighted by Gasteiger charge is 2.10. The molecule has 0 radical (unpaired) electrons. The van der Waals surface area contributed by atoms with Crippen LogP contribution in [0.25, 0.3) is 11.0 Å². The van der Waals surface area contributed by atoms with Crippen LogP contribution in [0.4, 0.5) is 5.69 Å². The Morgan fingerprint density at radius 1 is 1.35 bits per heavy atom. The summed E-state index contributed by atoms with van der Waals surface area (Å²) >= 11 is 0. The van der Waals surface area contributed by atoms with E-state index in [1.54, 1.807) is 0 Å². The van der Waals surface area contributed by atoms with Crippen LogP contribution >= 0.6 is 0 Å². The largest absolute Gasteiger partial charge is 0.506 e. The molecule has 0 bridgehead atoms. The maximum atomic E-state index is 11.4. The molecule has 0 spiro atoms. The van der Waals surface area contributed by atoms with Crippen LogP contribution in [0.3, 0.4) is 0 Å². The van der Waals surface area contributed by atoms with Crippen LogP contribution in [0, 0.1) is 0 Å². The second kappa shape index (κ2) is 3.77. The molecule has 0 saturated heterocycles. The lowest BCUT2D eigenvalue weighted by molar-refractivity contribution is 0.478. The van der Waals surface area contributed by atoms with Crippen molar-refractivity contribution < 1.29 is 17.9 Å². The molecule has 0 amide bonds. The van der Waals surface area contributed by atoms with Crippen LogP contribution in [0.5, 0.6) is 5.75 Å². The first-order valence-electron chi connectivity index (χ1n) is 4.59. The monoisotopic (exact) mass is 255 g/mol. The molecule has 2 rings (SSSR count). The molecule has 1 aromatic carbocycles. The van der Waals surface area contributed by atoms with Gasteiger partial charge < -0.3 is 9.52 Å². The van der Waals surface area contributed by atoms with E-state index >= 15 is 0 Å². The van der Waals surface area contributed by atoms with Gasteiger partial charge in [0.1, 0.15) is 11.3 Å². The van der Waals surface area contributed by atoms with Gasteiger partial charge in [0.15, 0.2) is 5.43 Å².